The molecule has 4 heteroatoms. The zero-order chi connectivity index (χ0) is 9.64. The Labute approximate surface area is 102 Å². The average Bonchev–Trinajstić information content (AvgIpc) is 2.72. The lowest BCUT2D eigenvalue weighted by Gasteiger charge is -2.08. The number of nitrogens with one attached hydrogen (secondary N) is 1. The third-order valence-electron chi connectivity index (χ3n) is 2.46. The Balaban J connectivity index is 0.00000112. The summed E-state index contributed by atoms with van der Waals surface area (Å²) in [5, 5.41) is 3.50. The van der Waals surface area contributed by atoms with Gasteiger partial charge in [0.1, 0.15) is 0 Å². The van der Waals surface area contributed by atoms with Crippen molar-refractivity contribution in [2.24, 2.45) is 0 Å². The molecule has 1 aliphatic rings. The molecular weight excluding hydrogens is 228 g/mol. The highest BCUT2D eigenvalue weighted by Crippen LogP contribution is 2.15. The summed E-state index contributed by atoms with van der Waals surface area (Å²) in [4.78, 5) is 4.30. The molecule has 84 valence electrons. The molecule has 0 bridgehead atoms. The summed E-state index contributed by atoms with van der Waals surface area (Å²) in [5.74, 6) is 2.26. The fraction of sp³-hybridized carbons (Fsp3) is 0.545. The number of hydrogen-bond donors (Lipinski definition) is 1. The highest BCUT2D eigenvalue weighted by molar-refractivity contribution is 7.98. The Morgan fingerprint density at radius 3 is 3.07 bits per heavy atom. The molecule has 0 aromatic carbocycles. The van der Waals surface area contributed by atoms with Crippen LogP contribution in [0.5, 0.6) is 0 Å². The van der Waals surface area contributed by atoms with E-state index in [4.69, 9.17) is 0 Å². The molecule has 1 aromatic heterocycles. The van der Waals surface area contributed by atoms with E-state index in [-0.39, 0.29) is 12.4 Å². The topological polar surface area (TPSA) is 24.9 Å². The van der Waals surface area contributed by atoms with Gasteiger partial charge in [-0.3, -0.25) is 4.98 Å². The maximum absolute atomic E-state index is 4.30. The number of rotatable bonds is 4. The van der Waals surface area contributed by atoms with E-state index < -0.39 is 0 Å². The van der Waals surface area contributed by atoms with Gasteiger partial charge in [-0.25, -0.2) is 0 Å². The average molecular weight is 245 g/mol. The summed E-state index contributed by atoms with van der Waals surface area (Å²) in [6.07, 6.45) is 4.55. The minimum absolute atomic E-state index is 0. The van der Waals surface area contributed by atoms with E-state index >= 15 is 0 Å². The van der Waals surface area contributed by atoms with Gasteiger partial charge in [0.05, 0.1) is 5.69 Å². The van der Waals surface area contributed by atoms with Crippen LogP contribution in [0.25, 0.3) is 0 Å². The fourth-order valence-electron chi connectivity index (χ4n) is 1.69. The molecule has 2 nitrogen and oxygen atoms in total. The third kappa shape index (κ3) is 4.41. The fourth-order valence-corrected chi connectivity index (χ4v) is 2.76. The second kappa shape index (κ2) is 7.09. The van der Waals surface area contributed by atoms with E-state index in [9.17, 15) is 0 Å². The molecule has 0 aliphatic carbocycles. The Bertz CT molecular complexity index is 263. The van der Waals surface area contributed by atoms with Crippen molar-refractivity contribution in [3.05, 3.63) is 30.1 Å². The summed E-state index contributed by atoms with van der Waals surface area (Å²) in [6, 6.07) is 6.85. The number of thioether (sulfide) groups is 1. The third-order valence-corrected chi connectivity index (χ3v) is 3.60. The summed E-state index contributed by atoms with van der Waals surface area (Å²) in [6.45, 7) is 1.20. The lowest BCUT2D eigenvalue weighted by atomic mass is 10.3. The Morgan fingerprint density at radius 2 is 2.40 bits per heavy atom. The molecule has 1 aliphatic heterocycles. The van der Waals surface area contributed by atoms with Crippen LogP contribution >= 0.6 is 24.2 Å². The van der Waals surface area contributed by atoms with E-state index in [1.165, 1.54) is 30.8 Å². The van der Waals surface area contributed by atoms with Crippen LogP contribution in [0.3, 0.4) is 0 Å². The predicted molar refractivity (Wildman–Crippen MR) is 68.7 cm³/mol. The highest BCUT2D eigenvalue weighted by Gasteiger charge is 2.13. The SMILES string of the molecule is Cl.c1ccc(CSCC2CCCN2)nc1. The molecule has 1 saturated heterocycles. The molecule has 15 heavy (non-hydrogen) atoms. The molecule has 2 rings (SSSR count). The van der Waals surface area contributed by atoms with E-state index in [1.807, 2.05) is 24.0 Å². The quantitative estimate of drug-likeness (QED) is 0.881. The maximum Gasteiger partial charge on any atom is 0.0502 e. The zero-order valence-corrected chi connectivity index (χ0v) is 10.3. The first kappa shape index (κ1) is 12.8. The van der Waals surface area contributed by atoms with Gasteiger partial charge in [0.15, 0.2) is 0 Å². The van der Waals surface area contributed by atoms with Crippen molar-refractivity contribution in [3.8, 4) is 0 Å². The molecule has 0 radical (unpaired) electrons. The Hall–Kier alpha value is -0.250. The van der Waals surface area contributed by atoms with Crippen molar-refractivity contribution in [1.29, 1.82) is 0 Å². The van der Waals surface area contributed by atoms with Crippen LogP contribution in [0.1, 0.15) is 18.5 Å². The maximum atomic E-state index is 4.30. The van der Waals surface area contributed by atoms with Gasteiger partial charge in [0.25, 0.3) is 0 Å². The van der Waals surface area contributed by atoms with Gasteiger partial charge in [-0.1, -0.05) is 6.07 Å². The van der Waals surface area contributed by atoms with Crippen LogP contribution in [0.2, 0.25) is 0 Å². The van der Waals surface area contributed by atoms with Gasteiger partial charge in [0.2, 0.25) is 0 Å². The van der Waals surface area contributed by atoms with Crippen LogP contribution in [-0.2, 0) is 5.75 Å². The van der Waals surface area contributed by atoms with Gasteiger partial charge in [-0.15, -0.1) is 12.4 Å². The number of halogens is 1. The Morgan fingerprint density at radius 1 is 1.47 bits per heavy atom. The molecule has 1 atom stereocenters. The number of hydrogen-bond acceptors (Lipinski definition) is 3. The first-order valence-electron chi connectivity index (χ1n) is 5.16. The van der Waals surface area contributed by atoms with Crippen molar-refractivity contribution in [2.75, 3.05) is 12.3 Å². The van der Waals surface area contributed by atoms with Crippen molar-refractivity contribution >= 4 is 24.2 Å². The lowest BCUT2D eigenvalue weighted by molar-refractivity contribution is 0.674. The van der Waals surface area contributed by atoms with E-state index in [0.717, 1.165) is 11.8 Å². The first-order chi connectivity index (χ1) is 6.95. The molecule has 1 N–H and O–H groups in total. The highest BCUT2D eigenvalue weighted by atomic mass is 35.5. The zero-order valence-electron chi connectivity index (χ0n) is 8.69. The number of aromatic nitrogens is 1. The summed E-state index contributed by atoms with van der Waals surface area (Å²) in [5.41, 5.74) is 1.19. The van der Waals surface area contributed by atoms with E-state index in [0.29, 0.717) is 0 Å². The predicted octanol–water partition coefficient (Wildman–Crippen LogP) is 2.49. The standard InChI is InChI=1S/C11H16N2S.ClH/c1-2-6-12-10(4-1)8-14-9-11-5-3-7-13-11;/h1-2,4,6,11,13H,3,5,7-9H2;1H. The van der Waals surface area contributed by atoms with Gasteiger partial charge in [-0.05, 0) is 31.5 Å². The van der Waals surface area contributed by atoms with Crippen LogP contribution in [0, 0.1) is 0 Å². The van der Waals surface area contributed by atoms with Gasteiger partial charge >= 0.3 is 0 Å². The largest absolute Gasteiger partial charge is 0.313 e. The molecule has 0 saturated carbocycles. The molecular formula is C11H17ClN2S. The number of nitrogens with zero attached hydrogens (tertiary/aromatic N) is 1. The summed E-state index contributed by atoms with van der Waals surface area (Å²) >= 11 is 1.98. The second-order valence-electron chi connectivity index (χ2n) is 3.63. The molecule has 0 amide bonds. The minimum atomic E-state index is 0. The van der Waals surface area contributed by atoms with Crippen molar-refractivity contribution < 1.29 is 0 Å². The molecule has 1 unspecified atom stereocenters. The van der Waals surface area contributed by atoms with Crippen LogP contribution < -0.4 is 5.32 Å². The Kier molecular flexibility index (Phi) is 6.06. The van der Waals surface area contributed by atoms with E-state index in [2.05, 4.69) is 22.4 Å². The molecule has 1 aromatic rings. The van der Waals surface area contributed by atoms with Gasteiger partial charge < -0.3 is 5.32 Å². The lowest BCUT2D eigenvalue weighted by Crippen LogP contribution is -2.23. The summed E-state index contributed by atoms with van der Waals surface area (Å²) < 4.78 is 0. The normalized spacial score (nSPS) is 19.9. The monoisotopic (exact) mass is 244 g/mol. The molecule has 0 spiro atoms. The van der Waals surface area contributed by atoms with Crippen molar-refractivity contribution in [3.63, 3.8) is 0 Å². The van der Waals surface area contributed by atoms with Gasteiger partial charge in [0, 0.05) is 23.7 Å². The van der Waals surface area contributed by atoms with Gasteiger partial charge in [-0.2, -0.15) is 11.8 Å². The van der Waals surface area contributed by atoms with E-state index in [1.54, 1.807) is 0 Å². The number of pyridine rings is 1. The molecule has 2 heterocycles. The molecule has 1 fully saturated rings. The van der Waals surface area contributed by atoms with Crippen molar-refractivity contribution in [2.45, 2.75) is 24.6 Å². The van der Waals surface area contributed by atoms with Crippen molar-refractivity contribution in [1.82, 2.24) is 10.3 Å². The minimum Gasteiger partial charge on any atom is -0.313 e. The second-order valence-corrected chi connectivity index (χ2v) is 4.66. The van der Waals surface area contributed by atoms with Crippen LogP contribution in [0.15, 0.2) is 24.4 Å². The van der Waals surface area contributed by atoms with Crippen LogP contribution in [-0.4, -0.2) is 23.3 Å². The smallest absolute Gasteiger partial charge is 0.0502 e. The van der Waals surface area contributed by atoms with Crippen LogP contribution in [0.4, 0.5) is 0 Å². The summed E-state index contributed by atoms with van der Waals surface area (Å²) in [7, 11) is 0. The first-order valence-corrected chi connectivity index (χ1v) is 6.31.